The minimum Gasteiger partial charge on any atom is -0.347 e. The molecule has 0 aromatic heterocycles. The fraction of sp³-hybridized carbons (Fsp3) is 0.385. The Labute approximate surface area is 111 Å². The van der Waals surface area contributed by atoms with Crippen LogP contribution in [-0.2, 0) is 9.59 Å². The average Bonchev–Trinajstić information content (AvgIpc) is 3.14. The van der Waals surface area contributed by atoms with Crippen LogP contribution in [0.4, 0.5) is 5.69 Å². The number of halogens is 1. The van der Waals surface area contributed by atoms with Crippen LogP contribution in [0.25, 0.3) is 0 Å². The van der Waals surface area contributed by atoms with E-state index in [0.717, 1.165) is 18.4 Å². The van der Waals surface area contributed by atoms with Crippen molar-refractivity contribution in [3.8, 4) is 0 Å². The molecule has 0 spiro atoms. The first-order valence-corrected chi connectivity index (χ1v) is 6.28. The maximum Gasteiger partial charge on any atom is 0.243 e. The summed E-state index contributed by atoms with van der Waals surface area (Å²) in [7, 11) is 0. The first-order chi connectivity index (χ1) is 8.56. The van der Waals surface area contributed by atoms with Gasteiger partial charge in [0, 0.05) is 16.6 Å². The number of carbonyl (C=O) groups excluding carboxylic acids is 2. The molecule has 0 bridgehead atoms. The van der Waals surface area contributed by atoms with Gasteiger partial charge in [-0.3, -0.25) is 9.59 Å². The zero-order valence-electron chi connectivity index (χ0n) is 10.1. The number of hydrogen-bond acceptors (Lipinski definition) is 2. The highest BCUT2D eigenvalue weighted by molar-refractivity contribution is 6.30. The maximum absolute atomic E-state index is 11.6. The topological polar surface area (TPSA) is 58.2 Å². The third kappa shape index (κ3) is 3.47. The average molecular weight is 267 g/mol. The van der Waals surface area contributed by atoms with Gasteiger partial charge in [0.1, 0.15) is 0 Å². The normalized spacial score (nSPS) is 14.1. The molecule has 0 heterocycles. The molecule has 0 radical (unpaired) electrons. The van der Waals surface area contributed by atoms with Crippen LogP contribution in [0.1, 0.15) is 18.4 Å². The highest BCUT2D eigenvalue weighted by atomic mass is 35.5. The fourth-order valence-corrected chi connectivity index (χ4v) is 1.85. The van der Waals surface area contributed by atoms with Crippen LogP contribution in [0, 0.1) is 12.8 Å². The molecule has 0 saturated heterocycles. The number of amides is 2. The predicted molar refractivity (Wildman–Crippen MR) is 70.6 cm³/mol. The van der Waals surface area contributed by atoms with Crippen molar-refractivity contribution in [1.29, 1.82) is 0 Å². The molecule has 5 heteroatoms. The van der Waals surface area contributed by atoms with Crippen LogP contribution in [-0.4, -0.2) is 18.4 Å². The molecule has 1 saturated carbocycles. The van der Waals surface area contributed by atoms with Gasteiger partial charge >= 0.3 is 0 Å². The summed E-state index contributed by atoms with van der Waals surface area (Å²) in [6.45, 7) is 1.88. The van der Waals surface area contributed by atoms with Gasteiger partial charge in [0.25, 0.3) is 0 Å². The van der Waals surface area contributed by atoms with Gasteiger partial charge < -0.3 is 10.6 Å². The number of benzene rings is 1. The lowest BCUT2D eigenvalue weighted by Crippen LogP contribution is -2.33. The molecule has 1 aromatic rings. The van der Waals surface area contributed by atoms with Crippen molar-refractivity contribution in [2.75, 3.05) is 11.9 Å². The second-order valence-electron chi connectivity index (χ2n) is 4.50. The van der Waals surface area contributed by atoms with Crippen molar-refractivity contribution < 1.29 is 9.59 Å². The quantitative estimate of drug-likeness (QED) is 0.877. The number of anilines is 1. The molecule has 1 aliphatic carbocycles. The molecule has 18 heavy (non-hydrogen) atoms. The van der Waals surface area contributed by atoms with Crippen molar-refractivity contribution >= 4 is 29.1 Å². The predicted octanol–water partition coefficient (Wildman–Crippen LogP) is 2.11. The molecule has 0 aliphatic heterocycles. The van der Waals surface area contributed by atoms with Gasteiger partial charge in [-0.05, 0) is 43.5 Å². The zero-order valence-corrected chi connectivity index (χ0v) is 10.9. The summed E-state index contributed by atoms with van der Waals surface area (Å²) < 4.78 is 0. The van der Waals surface area contributed by atoms with E-state index in [4.69, 9.17) is 11.6 Å². The molecule has 1 aromatic carbocycles. The molecule has 0 unspecified atom stereocenters. The van der Waals surface area contributed by atoms with E-state index in [9.17, 15) is 9.59 Å². The number of nitrogens with one attached hydrogen (secondary N) is 2. The maximum atomic E-state index is 11.6. The van der Waals surface area contributed by atoms with E-state index in [2.05, 4.69) is 10.6 Å². The summed E-state index contributed by atoms with van der Waals surface area (Å²) in [6.07, 6.45) is 1.87. The number of rotatable bonds is 4. The van der Waals surface area contributed by atoms with E-state index in [1.54, 1.807) is 18.2 Å². The largest absolute Gasteiger partial charge is 0.347 e. The van der Waals surface area contributed by atoms with Crippen LogP contribution in [0.5, 0.6) is 0 Å². The molecule has 4 nitrogen and oxygen atoms in total. The second kappa shape index (κ2) is 5.40. The minimum atomic E-state index is -0.227. The smallest absolute Gasteiger partial charge is 0.243 e. The summed E-state index contributed by atoms with van der Waals surface area (Å²) in [6, 6.07) is 5.24. The molecule has 2 N–H and O–H groups in total. The lowest BCUT2D eigenvalue weighted by atomic mass is 10.2. The van der Waals surface area contributed by atoms with E-state index in [1.165, 1.54) is 0 Å². The highest BCUT2D eigenvalue weighted by Crippen LogP contribution is 2.28. The summed E-state index contributed by atoms with van der Waals surface area (Å²) >= 11 is 5.83. The molecule has 0 atom stereocenters. The SMILES string of the molecule is Cc1cc(Cl)ccc1NC(=O)CNC(=O)C1CC1. The van der Waals surface area contributed by atoms with E-state index in [0.29, 0.717) is 10.7 Å². The van der Waals surface area contributed by atoms with Gasteiger partial charge in [-0.2, -0.15) is 0 Å². The van der Waals surface area contributed by atoms with Crippen LogP contribution < -0.4 is 10.6 Å². The summed E-state index contributed by atoms with van der Waals surface area (Å²) in [5.74, 6) is -0.137. The Morgan fingerprint density at radius 3 is 2.72 bits per heavy atom. The Kier molecular flexibility index (Phi) is 3.87. The van der Waals surface area contributed by atoms with Crippen molar-refractivity contribution in [1.82, 2.24) is 5.32 Å². The highest BCUT2D eigenvalue weighted by Gasteiger charge is 2.29. The molecule has 2 rings (SSSR count). The van der Waals surface area contributed by atoms with Crippen LogP contribution in [0.15, 0.2) is 18.2 Å². The number of aryl methyl sites for hydroxylation is 1. The van der Waals surface area contributed by atoms with E-state index >= 15 is 0 Å². The standard InChI is InChI=1S/C13H15ClN2O2/c1-8-6-10(14)4-5-11(8)16-12(17)7-15-13(18)9-2-3-9/h4-6,9H,2-3,7H2,1H3,(H,15,18)(H,16,17). The lowest BCUT2D eigenvalue weighted by Gasteiger charge is -2.09. The Morgan fingerprint density at radius 2 is 2.11 bits per heavy atom. The molecule has 1 aliphatic rings. The van der Waals surface area contributed by atoms with Gasteiger partial charge in [0.2, 0.25) is 11.8 Å². The fourth-order valence-electron chi connectivity index (χ4n) is 1.62. The van der Waals surface area contributed by atoms with Crippen molar-refractivity contribution in [2.45, 2.75) is 19.8 Å². The third-order valence-electron chi connectivity index (χ3n) is 2.83. The monoisotopic (exact) mass is 266 g/mol. The first-order valence-electron chi connectivity index (χ1n) is 5.90. The number of hydrogen-bond donors (Lipinski definition) is 2. The lowest BCUT2D eigenvalue weighted by molar-refractivity contribution is -0.125. The number of carbonyl (C=O) groups is 2. The van der Waals surface area contributed by atoms with E-state index in [-0.39, 0.29) is 24.3 Å². The van der Waals surface area contributed by atoms with Crippen LogP contribution in [0.3, 0.4) is 0 Å². The summed E-state index contributed by atoms with van der Waals surface area (Å²) in [4.78, 5) is 23.0. The third-order valence-corrected chi connectivity index (χ3v) is 3.07. The van der Waals surface area contributed by atoms with E-state index in [1.807, 2.05) is 6.92 Å². The molecular weight excluding hydrogens is 252 g/mol. The second-order valence-corrected chi connectivity index (χ2v) is 4.94. The Morgan fingerprint density at radius 1 is 1.39 bits per heavy atom. The van der Waals surface area contributed by atoms with Crippen LogP contribution in [0.2, 0.25) is 5.02 Å². The van der Waals surface area contributed by atoms with E-state index < -0.39 is 0 Å². The van der Waals surface area contributed by atoms with Crippen molar-refractivity contribution in [2.24, 2.45) is 5.92 Å². The zero-order chi connectivity index (χ0) is 13.1. The van der Waals surface area contributed by atoms with Gasteiger partial charge in [-0.1, -0.05) is 11.6 Å². The molecule has 96 valence electrons. The van der Waals surface area contributed by atoms with Crippen molar-refractivity contribution in [3.05, 3.63) is 28.8 Å². The Hall–Kier alpha value is -1.55. The Bertz CT molecular complexity index is 484. The van der Waals surface area contributed by atoms with Gasteiger partial charge in [-0.15, -0.1) is 0 Å². The first kappa shape index (κ1) is 12.9. The molecular formula is C13H15ClN2O2. The van der Waals surface area contributed by atoms with Crippen LogP contribution >= 0.6 is 11.6 Å². The van der Waals surface area contributed by atoms with Gasteiger partial charge in [0.05, 0.1) is 6.54 Å². The Balaban J connectivity index is 1.84. The minimum absolute atomic E-state index is 0.0113. The van der Waals surface area contributed by atoms with Gasteiger partial charge in [-0.25, -0.2) is 0 Å². The van der Waals surface area contributed by atoms with Gasteiger partial charge in [0.15, 0.2) is 0 Å². The molecule has 2 amide bonds. The summed E-state index contributed by atoms with van der Waals surface area (Å²) in [5, 5.41) is 5.99. The summed E-state index contributed by atoms with van der Waals surface area (Å²) in [5.41, 5.74) is 1.61. The molecule has 1 fully saturated rings. The van der Waals surface area contributed by atoms with Crippen molar-refractivity contribution in [3.63, 3.8) is 0 Å².